The van der Waals surface area contributed by atoms with Gasteiger partial charge in [-0.15, -0.1) is 0 Å². The lowest BCUT2D eigenvalue weighted by Crippen LogP contribution is -2.44. The van der Waals surface area contributed by atoms with Crippen molar-refractivity contribution in [2.45, 2.75) is 46.1 Å². The average Bonchev–Trinajstić information content (AvgIpc) is 3.09. The molecule has 3 heterocycles. The highest BCUT2D eigenvalue weighted by atomic mass is 32.2. The molecule has 1 aromatic heterocycles. The summed E-state index contributed by atoms with van der Waals surface area (Å²) in [6.07, 6.45) is 3.45. The maximum atomic E-state index is 12.8. The quantitative estimate of drug-likeness (QED) is 0.864. The molecule has 2 aliphatic rings. The van der Waals surface area contributed by atoms with E-state index in [1.54, 1.807) is 18.3 Å². The topological polar surface area (TPSA) is 82.6 Å². The van der Waals surface area contributed by atoms with Crippen molar-refractivity contribution >= 4 is 21.9 Å². The summed E-state index contributed by atoms with van der Waals surface area (Å²) in [6, 6.07) is 3.30. The van der Waals surface area contributed by atoms with Crippen LogP contribution in [-0.4, -0.2) is 48.8 Å². The summed E-state index contributed by atoms with van der Waals surface area (Å²) >= 11 is 0. The molecular weight excluding hydrogens is 352 g/mol. The number of nitrogens with zero attached hydrogens (tertiary/aromatic N) is 3. The van der Waals surface area contributed by atoms with Gasteiger partial charge in [-0.3, -0.25) is 4.79 Å². The van der Waals surface area contributed by atoms with Crippen molar-refractivity contribution in [1.82, 2.24) is 14.0 Å². The first-order valence-electron chi connectivity index (χ1n) is 9.15. The minimum atomic E-state index is -3.83. The van der Waals surface area contributed by atoms with Crippen LogP contribution in [0.1, 0.15) is 50.9 Å². The predicted octanol–water partition coefficient (Wildman–Crippen LogP) is 2.02. The monoisotopic (exact) mass is 380 g/mol. The molecule has 8 heteroatoms. The maximum Gasteiger partial charge on any atom is 0.304 e. The SMILES string of the molecule is C[C@@H]1CCN(S(=O)(=O)NC(=O)c2cccnc2N2C[C@@H](C)CC2(C)C)C1. The minimum Gasteiger partial charge on any atom is -0.351 e. The van der Waals surface area contributed by atoms with Crippen LogP contribution in [0.2, 0.25) is 0 Å². The summed E-state index contributed by atoms with van der Waals surface area (Å²) in [5.41, 5.74) is 0.164. The molecule has 2 fully saturated rings. The number of pyridine rings is 1. The van der Waals surface area contributed by atoms with Crippen LogP contribution in [0, 0.1) is 11.8 Å². The van der Waals surface area contributed by atoms with E-state index < -0.39 is 16.1 Å². The Morgan fingerprint density at radius 1 is 1.27 bits per heavy atom. The number of carbonyl (C=O) groups is 1. The molecule has 0 bridgehead atoms. The van der Waals surface area contributed by atoms with E-state index in [2.05, 4.69) is 35.4 Å². The van der Waals surface area contributed by atoms with Crippen LogP contribution >= 0.6 is 0 Å². The van der Waals surface area contributed by atoms with E-state index >= 15 is 0 Å². The lowest BCUT2D eigenvalue weighted by molar-refractivity contribution is 0.0979. The summed E-state index contributed by atoms with van der Waals surface area (Å²) in [5, 5.41) is 0. The molecular formula is C18H28N4O3S. The minimum absolute atomic E-state index is 0.133. The second-order valence-electron chi connectivity index (χ2n) is 8.29. The van der Waals surface area contributed by atoms with Gasteiger partial charge in [0, 0.05) is 31.4 Å². The molecule has 144 valence electrons. The van der Waals surface area contributed by atoms with Crippen LogP contribution in [0.4, 0.5) is 5.82 Å². The number of hydrogen-bond acceptors (Lipinski definition) is 5. The number of aromatic nitrogens is 1. The Morgan fingerprint density at radius 2 is 2.00 bits per heavy atom. The second-order valence-corrected chi connectivity index (χ2v) is 9.97. The Labute approximate surface area is 156 Å². The van der Waals surface area contributed by atoms with Gasteiger partial charge < -0.3 is 4.90 Å². The van der Waals surface area contributed by atoms with Crippen molar-refractivity contribution in [1.29, 1.82) is 0 Å². The first-order valence-corrected chi connectivity index (χ1v) is 10.6. The summed E-state index contributed by atoms with van der Waals surface area (Å²) in [5.74, 6) is 0.715. The molecule has 2 saturated heterocycles. The molecule has 0 unspecified atom stereocenters. The van der Waals surface area contributed by atoms with E-state index in [4.69, 9.17) is 0 Å². The molecule has 0 aliphatic carbocycles. The van der Waals surface area contributed by atoms with Gasteiger partial charge >= 0.3 is 10.2 Å². The largest absolute Gasteiger partial charge is 0.351 e. The molecule has 1 N–H and O–H groups in total. The third-order valence-electron chi connectivity index (χ3n) is 5.31. The number of rotatable bonds is 4. The van der Waals surface area contributed by atoms with Gasteiger partial charge in [0.05, 0.1) is 5.56 Å². The van der Waals surface area contributed by atoms with Gasteiger partial charge in [0.25, 0.3) is 5.91 Å². The van der Waals surface area contributed by atoms with E-state index in [0.29, 0.717) is 36.3 Å². The second kappa shape index (κ2) is 6.81. The molecule has 0 saturated carbocycles. The Balaban J connectivity index is 1.85. The Kier molecular flexibility index (Phi) is 5.00. The number of amides is 1. The molecule has 7 nitrogen and oxygen atoms in total. The number of hydrogen-bond donors (Lipinski definition) is 1. The van der Waals surface area contributed by atoms with Gasteiger partial charge in [-0.05, 0) is 50.7 Å². The van der Waals surface area contributed by atoms with E-state index in [-0.39, 0.29) is 5.54 Å². The molecule has 2 aliphatic heterocycles. The summed E-state index contributed by atoms with van der Waals surface area (Å²) in [6.45, 7) is 10.1. The fourth-order valence-electron chi connectivity index (χ4n) is 4.10. The van der Waals surface area contributed by atoms with Crippen LogP contribution in [0.3, 0.4) is 0 Å². The van der Waals surface area contributed by atoms with Crippen LogP contribution in [0.15, 0.2) is 18.3 Å². The van der Waals surface area contributed by atoms with Crippen LogP contribution < -0.4 is 9.62 Å². The van der Waals surface area contributed by atoms with Crippen molar-refractivity contribution in [3.05, 3.63) is 23.9 Å². The lowest BCUT2D eigenvalue weighted by atomic mass is 9.97. The molecule has 1 aromatic rings. The van der Waals surface area contributed by atoms with Crippen molar-refractivity contribution in [2.75, 3.05) is 24.5 Å². The van der Waals surface area contributed by atoms with E-state index in [1.165, 1.54) is 4.31 Å². The fraction of sp³-hybridized carbons (Fsp3) is 0.667. The zero-order valence-corrected chi connectivity index (χ0v) is 16.7. The lowest BCUT2D eigenvalue weighted by Gasteiger charge is -2.33. The zero-order valence-electron chi connectivity index (χ0n) is 15.9. The molecule has 0 spiro atoms. The first-order chi connectivity index (χ1) is 12.1. The first kappa shape index (κ1) is 19.1. The number of carbonyl (C=O) groups excluding carboxylic acids is 1. The smallest absolute Gasteiger partial charge is 0.304 e. The molecule has 3 rings (SSSR count). The van der Waals surface area contributed by atoms with Crippen LogP contribution in [-0.2, 0) is 10.2 Å². The predicted molar refractivity (Wildman–Crippen MR) is 101 cm³/mol. The van der Waals surface area contributed by atoms with Crippen molar-refractivity contribution in [2.24, 2.45) is 11.8 Å². The van der Waals surface area contributed by atoms with Gasteiger partial charge in [0.15, 0.2) is 0 Å². The average molecular weight is 381 g/mol. The van der Waals surface area contributed by atoms with Crippen molar-refractivity contribution in [3.63, 3.8) is 0 Å². The van der Waals surface area contributed by atoms with E-state index in [1.807, 2.05) is 6.92 Å². The molecule has 26 heavy (non-hydrogen) atoms. The van der Waals surface area contributed by atoms with Gasteiger partial charge in [0.1, 0.15) is 5.82 Å². The molecule has 2 atom stereocenters. The maximum absolute atomic E-state index is 12.8. The van der Waals surface area contributed by atoms with E-state index in [9.17, 15) is 13.2 Å². The Hall–Kier alpha value is -1.67. The summed E-state index contributed by atoms with van der Waals surface area (Å²) in [4.78, 5) is 19.3. The molecule has 0 radical (unpaired) electrons. The molecule has 1 amide bonds. The highest BCUT2D eigenvalue weighted by Gasteiger charge is 2.39. The van der Waals surface area contributed by atoms with Gasteiger partial charge in [-0.25, -0.2) is 9.71 Å². The van der Waals surface area contributed by atoms with Crippen molar-refractivity contribution < 1.29 is 13.2 Å². The molecule has 0 aromatic carbocycles. The van der Waals surface area contributed by atoms with Gasteiger partial charge in [-0.1, -0.05) is 13.8 Å². The fourth-order valence-corrected chi connectivity index (χ4v) is 5.37. The van der Waals surface area contributed by atoms with Gasteiger partial charge in [0.2, 0.25) is 0 Å². The summed E-state index contributed by atoms with van der Waals surface area (Å²) < 4.78 is 28.6. The number of anilines is 1. The zero-order chi connectivity index (χ0) is 19.1. The highest BCUT2D eigenvalue weighted by Crippen LogP contribution is 2.37. The highest BCUT2D eigenvalue weighted by molar-refractivity contribution is 7.87. The third kappa shape index (κ3) is 3.71. The Morgan fingerprint density at radius 3 is 2.58 bits per heavy atom. The third-order valence-corrected chi connectivity index (χ3v) is 6.76. The van der Waals surface area contributed by atoms with Crippen LogP contribution in [0.5, 0.6) is 0 Å². The van der Waals surface area contributed by atoms with Crippen LogP contribution in [0.25, 0.3) is 0 Å². The summed E-state index contributed by atoms with van der Waals surface area (Å²) in [7, 11) is -3.83. The normalized spacial score (nSPS) is 26.2. The standard InChI is InChI=1S/C18H28N4O3S/c1-13-7-9-21(11-13)26(24,25)20-17(23)15-6-5-8-19-16(15)22-12-14(2)10-18(22,3)4/h5-6,8,13-14H,7,9-12H2,1-4H3,(H,20,23)/t13-,14+/m1/s1. The number of nitrogens with one attached hydrogen (secondary N) is 1. The Bertz CT molecular complexity index is 793. The van der Waals surface area contributed by atoms with Crippen molar-refractivity contribution in [3.8, 4) is 0 Å². The van der Waals surface area contributed by atoms with E-state index in [0.717, 1.165) is 19.4 Å². The van der Waals surface area contributed by atoms with Gasteiger partial charge in [-0.2, -0.15) is 12.7 Å².